The molecule has 1 heterocycles. The van der Waals surface area contributed by atoms with Crippen molar-refractivity contribution in [3.63, 3.8) is 0 Å². The third-order valence-electron chi connectivity index (χ3n) is 5.83. The van der Waals surface area contributed by atoms with Crippen molar-refractivity contribution >= 4 is 21.4 Å². The van der Waals surface area contributed by atoms with Crippen LogP contribution in [0.15, 0.2) is 95.9 Å². The first kappa shape index (κ1) is 18.0. The van der Waals surface area contributed by atoms with E-state index in [1.165, 1.54) is 5.56 Å². The monoisotopic (exact) mass is 402 g/mol. The maximum Gasteiger partial charge on any atom is 0.261 e. The SMILES string of the molecule is O=S(=O)(Nc1ccccc1)c1ccc2c(c1)[C@H]1C=CC[C@H]1[C@@H](c1ccccc1)N2. The van der Waals surface area contributed by atoms with Crippen LogP contribution in [0.4, 0.5) is 11.4 Å². The Labute approximate surface area is 171 Å². The van der Waals surface area contributed by atoms with Crippen molar-refractivity contribution in [3.05, 3.63) is 102 Å². The molecule has 0 aromatic heterocycles. The molecule has 0 saturated heterocycles. The summed E-state index contributed by atoms with van der Waals surface area (Å²) in [6.07, 6.45) is 5.42. The molecule has 5 rings (SSSR count). The van der Waals surface area contributed by atoms with Crippen LogP contribution in [0.25, 0.3) is 0 Å². The van der Waals surface area contributed by atoms with Crippen LogP contribution in [0.1, 0.15) is 29.5 Å². The Morgan fingerprint density at radius 3 is 2.38 bits per heavy atom. The van der Waals surface area contributed by atoms with Gasteiger partial charge in [-0.3, -0.25) is 4.72 Å². The summed E-state index contributed by atoms with van der Waals surface area (Å²) in [6, 6.07) is 25.1. The van der Waals surface area contributed by atoms with Gasteiger partial charge in [-0.25, -0.2) is 8.42 Å². The molecule has 0 saturated carbocycles. The maximum atomic E-state index is 12.9. The van der Waals surface area contributed by atoms with Gasteiger partial charge in [0.1, 0.15) is 0 Å². The fourth-order valence-corrected chi connectivity index (χ4v) is 5.54. The van der Waals surface area contributed by atoms with Gasteiger partial charge in [-0.05, 0) is 53.8 Å². The Morgan fingerprint density at radius 1 is 0.897 bits per heavy atom. The van der Waals surface area contributed by atoms with E-state index in [2.05, 4.69) is 46.5 Å². The van der Waals surface area contributed by atoms with Crippen molar-refractivity contribution in [1.29, 1.82) is 0 Å². The Bertz CT molecular complexity index is 1160. The van der Waals surface area contributed by atoms with E-state index in [-0.39, 0.29) is 12.0 Å². The van der Waals surface area contributed by atoms with Crippen molar-refractivity contribution in [2.75, 3.05) is 10.0 Å². The topological polar surface area (TPSA) is 58.2 Å². The van der Waals surface area contributed by atoms with Gasteiger partial charge in [0.15, 0.2) is 0 Å². The lowest BCUT2D eigenvalue weighted by Gasteiger charge is -2.37. The highest BCUT2D eigenvalue weighted by molar-refractivity contribution is 7.92. The van der Waals surface area contributed by atoms with Gasteiger partial charge in [0.25, 0.3) is 10.0 Å². The third kappa shape index (κ3) is 3.32. The third-order valence-corrected chi connectivity index (χ3v) is 7.21. The van der Waals surface area contributed by atoms with E-state index >= 15 is 0 Å². The standard InChI is InChI=1S/C24H22N2O2S/c27-29(28,26-18-10-5-2-6-11-18)19-14-15-23-22(16-19)20-12-7-13-21(20)24(25-23)17-8-3-1-4-9-17/h1-12,14-16,20-21,24-26H,13H2/t20-,21+,24+/m0/s1. The lowest BCUT2D eigenvalue weighted by Crippen LogP contribution is -2.29. The molecule has 146 valence electrons. The van der Waals surface area contributed by atoms with Crippen molar-refractivity contribution in [2.45, 2.75) is 23.3 Å². The van der Waals surface area contributed by atoms with Gasteiger partial charge >= 0.3 is 0 Å². The summed E-state index contributed by atoms with van der Waals surface area (Å²) in [5, 5.41) is 3.66. The van der Waals surface area contributed by atoms with Crippen molar-refractivity contribution < 1.29 is 8.42 Å². The first-order valence-corrected chi connectivity index (χ1v) is 11.3. The molecule has 0 spiro atoms. The van der Waals surface area contributed by atoms with E-state index in [1.54, 1.807) is 18.2 Å². The average molecular weight is 403 g/mol. The molecule has 0 amide bonds. The van der Waals surface area contributed by atoms with Crippen LogP contribution in [-0.2, 0) is 10.0 Å². The highest BCUT2D eigenvalue weighted by Crippen LogP contribution is 2.50. The van der Waals surface area contributed by atoms with Gasteiger partial charge in [0, 0.05) is 17.3 Å². The van der Waals surface area contributed by atoms with Crippen LogP contribution in [0, 0.1) is 5.92 Å². The van der Waals surface area contributed by atoms with Gasteiger partial charge in [-0.15, -0.1) is 0 Å². The van der Waals surface area contributed by atoms with Crippen molar-refractivity contribution in [2.24, 2.45) is 5.92 Å². The molecule has 29 heavy (non-hydrogen) atoms. The maximum absolute atomic E-state index is 12.9. The van der Waals surface area contributed by atoms with Gasteiger partial charge in [0.2, 0.25) is 0 Å². The zero-order chi connectivity index (χ0) is 19.8. The number of allylic oxidation sites excluding steroid dienone is 2. The summed E-state index contributed by atoms with van der Waals surface area (Å²) < 4.78 is 28.5. The smallest absolute Gasteiger partial charge is 0.261 e. The van der Waals surface area contributed by atoms with Gasteiger partial charge in [-0.1, -0.05) is 60.7 Å². The first-order chi connectivity index (χ1) is 14.1. The minimum absolute atomic E-state index is 0.211. The van der Waals surface area contributed by atoms with E-state index in [0.29, 0.717) is 16.5 Å². The number of fused-ring (bicyclic) bond motifs is 3. The Balaban J connectivity index is 1.51. The fourth-order valence-electron chi connectivity index (χ4n) is 4.45. The molecule has 3 aromatic rings. The van der Waals surface area contributed by atoms with Crippen LogP contribution >= 0.6 is 0 Å². The van der Waals surface area contributed by atoms with Crippen LogP contribution in [0.2, 0.25) is 0 Å². The lowest BCUT2D eigenvalue weighted by atomic mass is 9.77. The molecule has 3 atom stereocenters. The molecular formula is C24H22N2O2S. The summed E-state index contributed by atoms with van der Waals surface area (Å²) in [4.78, 5) is 0.291. The molecular weight excluding hydrogens is 380 g/mol. The Kier molecular flexibility index (Phi) is 4.40. The van der Waals surface area contributed by atoms with Crippen LogP contribution in [0.3, 0.4) is 0 Å². The molecule has 3 aromatic carbocycles. The number of anilines is 2. The second kappa shape index (κ2) is 7.08. The minimum Gasteiger partial charge on any atom is -0.378 e. The van der Waals surface area contributed by atoms with Gasteiger partial charge < -0.3 is 5.32 Å². The van der Waals surface area contributed by atoms with Gasteiger partial charge in [-0.2, -0.15) is 0 Å². The highest BCUT2D eigenvalue weighted by atomic mass is 32.2. The van der Waals surface area contributed by atoms with E-state index in [9.17, 15) is 8.42 Å². The largest absolute Gasteiger partial charge is 0.378 e. The molecule has 1 aliphatic carbocycles. The van der Waals surface area contributed by atoms with E-state index < -0.39 is 10.0 Å². The Morgan fingerprint density at radius 2 is 1.62 bits per heavy atom. The molecule has 2 N–H and O–H groups in total. The lowest BCUT2D eigenvalue weighted by molar-refractivity contribution is 0.425. The van der Waals surface area contributed by atoms with Crippen LogP contribution < -0.4 is 10.0 Å². The summed E-state index contributed by atoms with van der Waals surface area (Å²) >= 11 is 0. The second-order valence-electron chi connectivity index (χ2n) is 7.61. The zero-order valence-corrected chi connectivity index (χ0v) is 16.6. The second-order valence-corrected chi connectivity index (χ2v) is 9.29. The normalized spacial score (nSPS) is 22.4. The van der Waals surface area contributed by atoms with E-state index in [0.717, 1.165) is 17.7 Å². The summed E-state index contributed by atoms with van der Waals surface area (Å²) in [5.74, 6) is 0.591. The predicted molar refractivity (Wildman–Crippen MR) is 116 cm³/mol. The van der Waals surface area contributed by atoms with Crippen molar-refractivity contribution in [1.82, 2.24) is 0 Å². The average Bonchev–Trinajstić information content (AvgIpc) is 3.24. The van der Waals surface area contributed by atoms with Gasteiger partial charge in [0.05, 0.1) is 10.9 Å². The Hall–Kier alpha value is -3.05. The molecule has 1 aliphatic heterocycles. The number of sulfonamides is 1. The number of para-hydroxylation sites is 1. The molecule has 2 aliphatic rings. The predicted octanol–water partition coefficient (Wildman–Crippen LogP) is 5.31. The summed E-state index contributed by atoms with van der Waals surface area (Å²) in [6.45, 7) is 0. The summed E-state index contributed by atoms with van der Waals surface area (Å²) in [5.41, 5.74) is 3.88. The molecule has 4 nitrogen and oxygen atoms in total. The fraction of sp³-hybridized carbons (Fsp3) is 0.167. The minimum atomic E-state index is -3.64. The number of hydrogen-bond donors (Lipinski definition) is 2. The zero-order valence-electron chi connectivity index (χ0n) is 15.8. The number of rotatable bonds is 4. The molecule has 5 heteroatoms. The number of benzene rings is 3. The van der Waals surface area contributed by atoms with Crippen LogP contribution in [-0.4, -0.2) is 8.42 Å². The summed E-state index contributed by atoms with van der Waals surface area (Å²) in [7, 11) is -3.64. The number of hydrogen-bond acceptors (Lipinski definition) is 3. The van der Waals surface area contributed by atoms with E-state index in [1.807, 2.05) is 36.4 Å². The van der Waals surface area contributed by atoms with E-state index in [4.69, 9.17) is 0 Å². The number of nitrogens with one attached hydrogen (secondary N) is 2. The molecule has 0 radical (unpaired) electrons. The molecule has 0 fully saturated rings. The highest BCUT2D eigenvalue weighted by Gasteiger charge is 2.38. The quantitative estimate of drug-likeness (QED) is 0.581. The van der Waals surface area contributed by atoms with Crippen LogP contribution in [0.5, 0.6) is 0 Å². The van der Waals surface area contributed by atoms with Crippen molar-refractivity contribution in [3.8, 4) is 0 Å². The molecule has 0 unspecified atom stereocenters. The first-order valence-electron chi connectivity index (χ1n) is 9.82. The molecule has 0 bridgehead atoms.